The molecule has 29 heavy (non-hydrogen) atoms. The van der Waals surface area contributed by atoms with E-state index in [-0.39, 0.29) is 11.3 Å². The van der Waals surface area contributed by atoms with Gasteiger partial charge in [-0.3, -0.25) is 9.78 Å². The molecule has 154 valence electrons. The van der Waals surface area contributed by atoms with Crippen LogP contribution in [0.3, 0.4) is 0 Å². The van der Waals surface area contributed by atoms with Crippen molar-refractivity contribution in [2.24, 2.45) is 0 Å². The molecule has 0 aliphatic carbocycles. The van der Waals surface area contributed by atoms with Gasteiger partial charge < -0.3 is 15.1 Å². The minimum Gasteiger partial charge on any atom is -0.339 e. The predicted molar refractivity (Wildman–Crippen MR) is 116 cm³/mol. The lowest BCUT2D eigenvalue weighted by atomic mass is 9.72. The molecule has 5 nitrogen and oxygen atoms in total. The fraction of sp³-hybridized carbons (Fsp3) is 0.500. The molecule has 0 bridgehead atoms. The molecule has 2 aromatic rings. The van der Waals surface area contributed by atoms with E-state index < -0.39 is 0 Å². The van der Waals surface area contributed by atoms with Gasteiger partial charge >= 0.3 is 0 Å². The average molecular weight is 393 g/mol. The molecule has 1 N–H and O–H groups in total. The maximum absolute atomic E-state index is 12.7. The monoisotopic (exact) mass is 392 g/mol. The Balaban J connectivity index is 1.34. The second-order valence-electron chi connectivity index (χ2n) is 8.63. The summed E-state index contributed by atoms with van der Waals surface area (Å²) in [4.78, 5) is 21.1. The van der Waals surface area contributed by atoms with E-state index in [4.69, 9.17) is 0 Å². The smallest absolute Gasteiger partial charge is 0.253 e. The van der Waals surface area contributed by atoms with Crippen LogP contribution >= 0.6 is 0 Å². The number of hydrogen-bond acceptors (Lipinski definition) is 4. The van der Waals surface area contributed by atoms with Crippen LogP contribution in [0.25, 0.3) is 0 Å². The van der Waals surface area contributed by atoms with Crippen molar-refractivity contribution in [1.29, 1.82) is 0 Å². The minimum atomic E-state index is 0.127. The molecule has 2 aliphatic rings. The van der Waals surface area contributed by atoms with Crippen LogP contribution < -0.4 is 5.32 Å². The van der Waals surface area contributed by atoms with Gasteiger partial charge in [0.05, 0.1) is 0 Å². The number of nitrogens with zero attached hydrogens (tertiary/aromatic N) is 3. The molecule has 0 atom stereocenters. The first-order valence-corrected chi connectivity index (χ1v) is 10.8. The Bertz CT molecular complexity index is 779. The Morgan fingerprint density at radius 1 is 1.03 bits per heavy atom. The lowest BCUT2D eigenvalue weighted by Gasteiger charge is -2.43. The molecular formula is C24H32N4O. The number of likely N-dealkylation sites (tertiary alicyclic amines) is 2. The second-order valence-corrected chi connectivity index (χ2v) is 8.63. The van der Waals surface area contributed by atoms with Crippen LogP contribution in [0, 0.1) is 0 Å². The largest absolute Gasteiger partial charge is 0.339 e. The number of aromatic nitrogens is 1. The summed E-state index contributed by atoms with van der Waals surface area (Å²) in [6, 6.07) is 15.1. The van der Waals surface area contributed by atoms with Gasteiger partial charge in [0, 0.05) is 49.0 Å². The normalized spacial score (nSPS) is 20.5. The molecule has 0 radical (unpaired) electrons. The first-order chi connectivity index (χ1) is 14.2. The number of rotatable bonds is 5. The molecular weight excluding hydrogens is 360 g/mol. The Labute approximate surface area is 174 Å². The van der Waals surface area contributed by atoms with Gasteiger partial charge in [-0.15, -0.1) is 0 Å². The van der Waals surface area contributed by atoms with Crippen LogP contribution in [0.15, 0.2) is 54.9 Å². The van der Waals surface area contributed by atoms with Crippen molar-refractivity contribution in [1.82, 2.24) is 20.1 Å². The van der Waals surface area contributed by atoms with E-state index in [1.54, 1.807) is 24.5 Å². The van der Waals surface area contributed by atoms with Crippen LogP contribution in [-0.4, -0.2) is 66.5 Å². The quantitative estimate of drug-likeness (QED) is 0.850. The zero-order chi connectivity index (χ0) is 20.1. The fourth-order valence-electron chi connectivity index (χ4n) is 4.71. The molecule has 2 fully saturated rings. The first-order valence-electron chi connectivity index (χ1n) is 10.8. The summed E-state index contributed by atoms with van der Waals surface area (Å²) in [5.41, 5.74) is 2.42. The third-order valence-electron chi connectivity index (χ3n) is 6.77. The first kappa shape index (κ1) is 20.0. The Morgan fingerprint density at radius 2 is 1.69 bits per heavy atom. The predicted octanol–water partition coefficient (Wildman–Crippen LogP) is 2.94. The number of piperidine rings is 2. The van der Waals surface area contributed by atoms with Gasteiger partial charge in [0.2, 0.25) is 0 Å². The molecule has 2 aliphatic heterocycles. The van der Waals surface area contributed by atoms with Crippen molar-refractivity contribution in [3.05, 3.63) is 66.0 Å². The Kier molecular flexibility index (Phi) is 6.26. The van der Waals surface area contributed by atoms with Crippen molar-refractivity contribution < 1.29 is 4.79 Å². The zero-order valence-electron chi connectivity index (χ0n) is 17.4. The molecule has 4 rings (SSSR count). The summed E-state index contributed by atoms with van der Waals surface area (Å²) in [7, 11) is 2.22. The molecule has 0 unspecified atom stereocenters. The van der Waals surface area contributed by atoms with E-state index in [1.807, 2.05) is 4.90 Å². The van der Waals surface area contributed by atoms with Gasteiger partial charge in [-0.25, -0.2) is 0 Å². The number of benzene rings is 1. The van der Waals surface area contributed by atoms with Crippen molar-refractivity contribution in [3.8, 4) is 0 Å². The van der Waals surface area contributed by atoms with Crippen LogP contribution in [0.2, 0.25) is 0 Å². The third kappa shape index (κ3) is 4.68. The van der Waals surface area contributed by atoms with E-state index in [9.17, 15) is 4.79 Å². The zero-order valence-corrected chi connectivity index (χ0v) is 17.4. The molecule has 1 amide bonds. The van der Waals surface area contributed by atoms with Crippen molar-refractivity contribution in [2.45, 2.75) is 37.1 Å². The van der Waals surface area contributed by atoms with Crippen LogP contribution in [0.1, 0.15) is 41.6 Å². The standard InChI is InChI=1S/C24H32N4O/c1-27-17-11-24(12-18-27,21-5-3-2-4-6-21)19-26-22-9-15-28(16-10-22)23(29)20-7-13-25-14-8-20/h2-8,13-14,22,26H,9-12,15-19H2,1H3. The lowest BCUT2D eigenvalue weighted by molar-refractivity contribution is 0.0700. The van der Waals surface area contributed by atoms with Gasteiger partial charge in [0.25, 0.3) is 5.91 Å². The summed E-state index contributed by atoms with van der Waals surface area (Å²) in [5, 5.41) is 3.88. The highest BCUT2D eigenvalue weighted by Gasteiger charge is 2.36. The minimum absolute atomic E-state index is 0.127. The van der Waals surface area contributed by atoms with Crippen LogP contribution in [0.5, 0.6) is 0 Å². The average Bonchev–Trinajstić information content (AvgIpc) is 2.80. The summed E-state index contributed by atoms with van der Waals surface area (Å²) in [6.07, 6.45) is 7.79. The topological polar surface area (TPSA) is 48.5 Å². The lowest BCUT2D eigenvalue weighted by Crippen LogP contribution is -2.51. The molecule has 0 saturated carbocycles. The summed E-state index contributed by atoms with van der Waals surface area (Å²) >= 11 is 0. The molecule has 1 aromatic heterocycles. The van der Waals surface area contributed by atoms with E-state index in [2.05, 4.69) is 52.6 Å². The van der Waals surface area contributed by atoms with E-state index >= 15 is 0 Å². The second kappa shape index (κ2) is 9.06. The Morgan fingerprint density at radius 3 is 2.34 bits per heavy atom. The number of amides is 1. The van der Waals surface area contributed by atoms with Gasteiger partial charge in [-0.1, -0.05) is 30.3 Å². The number of carbonyl (C=O) groups excluding carboxylic acids is 1. The van der Waals surface area contributed by atoms with Gasteiger partial charge in [0.15, 0.2) is 0 Å². The molecule has 2 saturated heterocycles. The number of pyridine rings is 1. The van der Waals surface area contributed by atoms with E-state index in [0.29, 0.717) is 6.04 Å². The maximum atomic E-state index is 12.7. The van der Waals surface area contributed by atoms with Gasteiger partial charge in [0.1, 0.15) is 0 Å². The molecule has 1 aromatic carbocycles. The molecule has 0 spiro atoms. The van der Waals surface area contributed by atoms with Crippen molar-refractivity contribution >= 4 is 5.91 Å². The molecule has 3 heterocycles. The highest BCUT2D eigenvalue weighted by atomic mass is 16.2. The van der Waals surface area contributed by atoms with Crippen LogP contribution in [-0.2, 0) is 5.41 Å². The highest BCUT2D eigenvalue weighted by Crippen LogP contribution is 2.35. The summed E-state index contributed by atoms with van der Waals surface area (Å²) in [5.74, 6) is 0.127. The Hall–Kier alpha value is -2.24. The number of hydrogen-bond donors (Lipinski definition) is 1. The maximum Gasteiger partial charge on any atom is 0.253 e. The summed E-state index contributed by atoms with van der Waals surface area (Å²) < 4.78 is 0. The molecule has 5 heteroatoms. The fourth-order valence-corrected chi connectivity index (χ4v) is 4.71. The van der Waals surface area contributed by atoms with Gasteiger partial charge in [-0.05, 0) is 63.5 Å². The van der Waals surface area contributed by atoms with Crippen LogP contribution in [0.4, 0.5) is 0 Å². The third-order valence-corrected chi connectivity index (χ3v) is 6.77. The van der Waals surface area contributed by atoms with Crippen molar-refractivity contribution in [2.75, 3.05) is 39.8 Å². The van der Waals surface area contributed by atoms with Gasteiger partial charge in [-0.2, -0.15) is 0 Å². The number of nitrogens with one attached hydrogen (secondary N) is 1. The van der Waals surface area contributed by atoms with E-state index in [1.165, 1.54) is 18.4 Å². The highest BCUT2D eigenvalue weighted by molar-refractivity contribution is 5.94. The summed E-state index contributed by atoms with van der Waals surface area (Å²) in [6.45, 7) is 4.96. The SMILES string of the molecule is CN1CCC(CNC2CCN(C(=O)c3ccncc3)CC2)(c2ccccc2)CC1. The van der Waals surface area contributed by atoms with E-state index in [0.717, 1.165) is 51.1 Å². The van der Waals surface area contributed by atoms with Crippen molar-refractivity contribution in [3.63, 3.8) is 0 Å². The number of carbonyl (C=O) groups is 1.